The van der Waals surface area contributed by atoms with E-state index in [1.165, 1.54) is 12.6 Å². The predicted octanol–water partition coefficient (Wildman–Crippen LogP) is 0.774. The van der Waals surface area contributed by atoms with Gasteiger partial charge in [-0.25, -0.2) is 4.98 Å². The van der Waals surface area contributed by atoms with Crippen LogP contribution >= 0.6 is 0 Å². The highest BCUT2D eigenvalue weighted by Crippen LogP contribution is 2.34. The fourth-order valence-corrected chi connectivity index (χ4v) is 3.24. The van der Waals surface area contributed by atoms with Crippen LogP contribution in [-0.4, -0.2) is 65.5 Å². The molecule has 2 amide bonds. The van der Waals surface area contributed by atoms with E-state index in [0.29, 0.717) is 26.2 Å². The molecule has 0 N–H and O–H groups in total. The second kappa shape index (κ2) is 5.72. The van der Waals surface area contributed by atoms with E-state index in [1.54, 1.807) is 4.90 Å². The molecule has 120 valence electrons. The van der Waals surface area contributed by atoms with E-state index in [-0.39, 0.29) is 35.6 Å². The van der Waals surface area contributed by atoms with Crippen LogP contribution in [0.15, 0.2) is 17.0 Å². The fraction of sp³-hybridized carbons (Fsp3) is 0.667. The summed E-state index contributed by atoms with van der Waals surface area (Å²) < 4.78 is 10.7. The zero-order valence-electron chi connectivity index (χ0n) is 12.9. The third-order valence-corrected chi connectivity index (χ3v) is 4.45. The number of hydrogen-bond acceptors (Lipinski definition) is 5. The zero-order chi connectivity index (χ0) is 15.7. The quantitative estimate of drug-likeness (QED) is 0.807. The van der Waals surface area contributed by atoms with Crippen molar-refractivity contribution in [3.63, 3.8) is 0 Å². The van der Waals surface area contributed by atoms with Crippen molar-refractivity contribution in [2.24, 2.45) is 5.41 Å². The first-order chi connectivity index (χ1) is 10.5. The van der Waals surface area contributed by atoms with Gasteiger partial charge in [-0.05, 0) is 20.3 Å². The van der Waals surface area contributed by atoms with Crippen LogP contribution in [0.3, 0.4) is 0 Å². The first kappa shape index (κ1) is 15.0. The molecule has 1 atom stereocenters. The molecular formula is C15H21N3O4. The van der Waals surface area contributed by atoms with E-state index in [4.69, 9.17) is 9.15 Å². The van der Waals surface area contributed by atoms with Crippen molar-refractivity contribution >= 4 is 11.8 Å². The Kier molecular flexibility index (Phi) is 3.90. The second-order valence-corrected chi connectivity index (χ2v) is 6.45. The molecule has 1 unspecified atom stereocenters. The van der Waals surface area contributed by atoms with Gasteiger partial charge in [-0.3, -0.25) is 9.59 Å². The Bertz CT molecular complexity index is 557. The molecular weight excluding hydrogens is 286 g/mol. The van der Waals surface area contributed by atoms with Crippen molar-refractivity contribution in [3.05, 3.63) is 18.4 Å². The highest BCUT2D eigenvalue weighted by molar-refractivity contribution is 5.91. The van der Waals surface area contributed by atoms with E-state index in [9.17, 15) is 9.59 Å². The molecule has 1 aromatic heterocycles. The number of carbonyl (C=O) groups is 2. The normalized spacial score (nSPS) is 26.0. The van der Waals surface area contributed by atoms with Gasteiger partial charge in [0.25, 0.3) is 5.91 Å². The summed E-state index contributed by atoms with van der Waals surface area (Å²) in [7, 11) is 0. The summed E-state index contributed by atoms with van der Waals surface area (Å²) in [6, 6.07) is 0.130. The number of oxazole rings is 1. The van der Waals surface area contributed by atoms with Crippen LogP contribution in [0.5, 0.6) is 0 Å². The summed E-state index contributed by atoms with van der Waals surface area (Å²) in [6.07, 6.45) is 3.51. The van der Waals surface area contributed by atoms with Crippen LogP contribution in [0.25, 0.3) is 0 Å². The van der Waals surface area contributed by atoms with Crippen molar-refractivity contribution in [2.75, 3.05) is 32.8 Å². The minimum atomic E-state index is -0.188. The molecule has 2 aliphatic heterocycles. The Morgan fingerprint density at radius 1 is 1.41 bits per heavy atom. The van der Waals surface area contributed by atoms with Gasteiger partial charge >= 0.3 is 0 Å². The van der Waals surface area contributed by atoms with Crippen molar-refractivity contribution in [1.82, 2.24) is 14.8 Å². The van der Waals surface area contributed by atoms with Crippen LogP contribution in [0.2, 0.25) is 0 Å². The molecule has 2 saturated heterocycles. The molecule has 0 bridgehead atoms. The van der Waals surface area contributed by atoms with Gasteiger partial charge in [0.2, 0.25) is 11.7 Å². The van der Waals surface area contributed by atoms with Gasteiger partial charge in [-0.15, -0.1) is 0 Å². The van der Waals surface area contributed by atoms with Crippen molar-refractivity contribution < 1.29 is 18.7 Å². The summed E-state index contributed by atoms with van der Waals surface area (Å²) in [5.41, 5.74) is -0.188. The standard InChI is InChI=1S/C15H21N3O4/c1-11(2)18-8-15(9-21-6-13(18)19)3-4-17(7-15)14(20)12-5-16-10-22-12/h5,10-11H,3-4,6-9H2,1-2H3. The van der Waals surface area contributed by atoms with E-state index in [2.05, 4.69) is 4.98 Å². The molecule has 7 nitrogen and oxygen atoms in total. The molecule has 7 heteroatoms. The van der Waals surface area contributed by atoms with Gasteiger partial charge in [0.15, 0.2) is 6.39 Å². The maximum Gasteiger partial charge on any atom is 0.291 e. The molecule has 3 rings (SSSR count). The van der Waals surface area contributed by atoms with E-state index < -0.39 is 0 Å². The Balaban J connectivity index is 1.74. The van der Waals surface area contributed by atoms with Gasteiger partial charge in [0, 0.05) is 31.1 Å². The van der Waals surface area contributed by atoms with Gasteiger partial charge < -0.3 is 19.0 Å². The summed E-state index contributed by atoms with van der Waals surface area (Å²) in [4.78, 5) is 31.9. The lowest BCUT2D eigenvalue weighted by atomic mass is 9.87. The number of amides is 2. The van der Waals surface area contributed by atoms with Gasteiger partial charge in [-0.2, -0.15) is 0 Å². The van der Waals surface area contributed by atoms with Crippen LogP contribution in [0, 0.1) is 5.41 Å². The van der Waals surface area contributed by atoms with Gasteiger partial charge in [0.05, 0.1) is 12.8 Å². The van der Waals surface area contributed by atoms with Crippen molar-refractivity contribution in [2.45, 2.75) is 26.3 Å². The molecule has 22 heavy (non-hydrogen) atoms. The van der Waals surface area contributed by atoms with E-state index >= 15 is 0 Å². The molecule has 3 heterocycles. The molecule has 2 fully saturated rings. The van der Waals surface area contributed by atoms with Gasteiger partial charge in [0.1, 0.15) is 6.61 Å². The molecule has 1 aromatic rings. The number of hydrogen-bond donors (Lipinski definition) is 0. The molecule has 0 aliphatic carbocycles. The number of nitrogens with zero attached hydrogens (tertiary/aromatic N) is 3. The Hall–Kier alpha value is -1.89. The highest BCUT2D eigenvalue weighted by atomic mass is 16.5. The molecule has 0 radical (unpaired) electrons. The largest absolute Gasteiger partial charge is 0.438 e. The maximum absolute atomic E-state index is 12.4. The smallest absolute Gasteiger partial charge is 0.291 e. The molecule has 0 saturated carbocycles. The second-order valence-electron chi connectivity index (χ2n) is 6.45. The van der Waals surface area contributed by atoms with Gasteiger partial charge in [-0.1, -0.05) is 0 Å². The zero-order valence-corrected chi connectivity index (χ0v) is 12.9. The van der Waals surface area contributed by atoms with Crippen molar-refractivity contribution in [3.8, 4) is 0 Å². The first-order valence-corrected chi connectivity index (χ1v) is 7.56. The average molecular weight is 307 g/mol. The van der Waals surface area contributed by atoms with Crippen LogP contribution < -0.4 is 0 Å². The number of carbonyl (C=O) groups excluding carboxylic acids is 2. The third-order valence-electron chi connectivity index (χ3n) is 4.45. The van der Waals surface area contributed by atoms with Crippen LogP contribution in [-0.2, 0) is 9.53 Å². The summed E-state index contributed by atoms with van der Waals surface area (Å²) in [6.45, 7) is 6.47. The molecule has 0 aromatic carbocycles. The monoisotopic (exact) mass is 307 g/mol. The van der Waals surface area contributed by atoms with E-state index in [0.717, 1.165) is 6.42 Å². The lowest BCUT2D eigenvalue weighted by molar-refractivity contribution is -0.135. The summed E-state index contributed by atoms with van der Waals surface area (Å²) in [5, 5.41) is 0. The van der Waals surface area contributed by atoms with Crippen LogP contribution in [0.4, 0.5) is 0 Å². The summed E-state index contributed by atoms with van der Waals surface area (Å²) in [5.74, 6) is 0.122. The lowest BCUT2D eigenvalue weighted by Crippen LogP contribution is -2.46. The summed E-state index contributed by atoms with van der Waals surface area (Å²) >= 11 is 0. The lowest BCUT2D eigenvalue weighted by Gasteiger charge is -2.33. The fourth-order valence-electron chi connectivity index (χ4n) is 3.24. The van der Waals surface area contributed by atoms with Crippen LogP contribution in [0.1, 0.15) is 30.8 Å². The predicted molar refractivity (Wildman–Crippen MR) is 77.1 cm³/mol. The Morgan fingerprint density at radius 3 is 2.91 bits per heavy atom. The highest BCUT2D eigenvalue weighted by Gasteiger charge is 2.45. The van der Waals surface area contributed by atoms with E-state index in [1.807, 2.05) is 18.7 Å². The Labute approximate surface area is 129 Å². The Morgan fingerprint density at radius 2 is 2.23 bits per heavy atom. The molecule has 1 spiro atoms. The van der Waals surface area contributed by atoms with Crippen molar-refractivity contribution in [1.29, 1.82) is 0 Å². The maximum atomic E-state index is 12.4. The minimum Gasteiger partial charge on any atom is -0.438 e. The molecule has 2 aliphatic rings. The number of rotatable bonds is 2. The SMILES string of the molecule is CC(C)N1CC2(CCN(C(=O)c3cnco3)C2)COCC1=O. The average Bonchev–Trinajstić information content (AvgIpc) is 3.10. The topological polar surface area (TPSA) is 75.9 Å². The minimum absolute atomic E-state index is 0.0203. The third kappa shape index (κ3) is 2.72. The number of aromatic nitrogens is 1. The number of ether oxygens (including phenoxy) is 1. The number of likely N-dealkylation sites (tertiary alicyclic amines) is 1. The first-order valence-electron chi connectivity index (χ1n) is 7.56.